The number of fused-ring (bicyclic) bond motifs is 1. The molecule has 1 unspecified atom stereocenters. The number of nitrogens with zero attached hydrogens (tertiary/aromatic N) is 3. The van der Waals surface area contributed by atoms with Crippen molar-refractivity contribution in [3.8, 4) is 0 Å². The molecule has 0 bridgehead atoms. The Labute approximate surface area is 171 Å². The number of hydrogen-bond acceptors (Lipinski definition) is 5. The van der Waals surface area contributed by atoms with Gasteiger partial charge >= 0.3 is 0 Å². The molecule has 1 aliphatic heterocycles. The Morgan fingerprint density at radius 3 is 3.07 bits per heavy atom. The number of aromatic amines is 1. The van der Waals surface area contributed by atoms with E-state index in [9.17, 15) is 9.59 Å². The van der Waals surface area contributed by atoms with Gasteiger partial charge in [0.1, 0.15) is 5.01 Å². The average Bonchev–Trinajstić information content (AvgIpc) is 3.38. The van der Waals surface area contributed by atoms with Crippen molar-refractivity contribution in [2.45, 2.75) is 26.2 Å². The Hall–Kier alpha value is -2.45. The number of aromatic nitrogens is 3. The largest absolute Gasteiger partial charge is 0.361 e. The Morgan fingerprint density at radius 2 is 2.29 bits per heavy atom. The highest BCUT2D eigenvalue weighted by atomic mass is 35.5. The molecule has 28 heavy (non-hydrogen) atoms. The molecule has 0 radical (unpaired) electrons. The summed E-state index contributed by atoms with van der Waals surface area (Å²) in [5.74, 6) is -0.531. The van der Waals surface area contributed by atoms with Gasteiger partial charge in [0, 0.05) is 41.6 Å². The summed E-state index contributed by atoms with van der Waals surface area (Å²) in [5.41, 5.74) is 2.13. The molecule has 1 fully saturated rings. The third kappa shape index (κ3) is 3.88. The first kappa shape index (κ1) is 18.9. The van der Waals surface area contributed by atoms with E-state index >= 15 is 0 Å². The van der Waals surface area contributed by atoms with Gasteiger partial charge in [0.05, 0.1) is 5.92 Å². The van der Waals surface area contributed by atoms with Gasteiger partial charge in [-0.15, -0.1) is 10.2 Å². The Morgan fingerprint density at radius 1 is 1.43 bits per heavy atom. The first-order valence-electron chi connectivity index (χ1n) is 9.20. The summed E-state index contributed by atoms with van der Waals surface area (Å²) in [6, 6.07) is 5.72. The van der Waals surface area contributed by atoms with Crippen LogP contribution in [0.25, 0.3) is 10.9 Å². The number of halogens is 1. The second kappa shape index (κ2) is 7.89. The maximum atomic E-state index is 12.5. The van der Waals surface area contributed by atoms with Crippen molar-refractivity contribution in [1.82, 2.24) is 20.1 Å². The van der Waals surface area contributed by atoms with Crippen LogP contribution >= 0.6 is 22.9 Å². The van der Waals surface area contributed by atoms with Crippen LogP contribution in [-0.2, 0) is 22.4 Å². The highest BCUT2D eigenvalue weighted by Crippen LogP contribution is 2.25. The lowest BCUT2D eigenvalue weighted by Crippen LogP contribution is -2.30. The first-order chi connectivity index (χ1) is 13.5. The smallest absolute Gasteiger partial charge is 0.231 e. The van der Waals surface area contributed by atoms with E-state index in [1.54, 1.807) is 4.90 Å². The molecule has 2 amide bonds. The van der Waals surface area contributed by atoms with Crippen LogP contribution in [-0.4, -0.2) is 45.0 Å². The lowest BCUT2D eigenvalue weighted by Gasteiger charge is -2.16. The van der Waals surface area contributed by atoms with E-state index in [1.807, 2.05) is 31.3 Å². The molecule has 0 saturated carbocycles. The highest BCUT2D eigenvalue weighted by molar-refractivity contribution is 7.15. The quantitative estimate of drug-likeness (QED) is 0.644. The third-order valence-electron chi connectivity index (χ3n) is 4.97. The number of nitrogens with one attached hydrogen (secondary N) is 2. The van der Waals surface area contributed by atoms with Crippen LogP contribution in [0.1, 0.15) is 23.9 Å². The molecular weight excluding hydrogens is 398 g/mol. The van der Waals surface area contributed by atoms with Crippen molar-refractivity contribution in [1.29, 1.82) is 0 Å². The summed E-state index contributed by atoms with van der Waals surface area (Å²) in [5, 5.41) is 13.9. The topological polar surface area (TPSA) is 91.0 Å². The minimum absolute atomic E-state index is 0.00420. The Balaban J connectivity index is 1.36. The zero-order chi connectivity index (χ0) is 19.7. The third-order valence-corrected chi connectivity index (χ3v) is 6.18. The Kier molecular flexibility index (Phi) is 5.32. The van der Waals surface area contributed by atoms with Crippen LogP contribution in [0.4, 0.5) is 5.13 Å². The number of anilines is 1. The fourth-order valence-electron chi connectivity index (χ4n) is 3.43. The molecule has 7 nitrogen and oxygen atoms in total. The molecule has 1 atom stereocenters. The number of amides is 2. The standard InChI is InChI=1S/C19H20ClN5O2S/c1-2-16-23-24-19(28-16)22-18(27)12-7-17(26)25(10-12)6-5-11-9-21-15-4-3-13(20)8-14(11)15/h3-4,8-9,12,21H,2,5-7,10H2,1H3,(H,22,24,27). The minimum Gasteiger partial charge on any atom is -0.361 e. The van der Waals surface area contributed by atoms with Crippen molar-refractivity contribution in [2.75, 3.05) is 18.4 Å². The van der Waals surface area contributed by atoms with Crippen molar-refractivity contribution in [2.24, 2.45) is 5.92 Å². The van der Waals surface area contributed by atoms with Crippen molar-refractivity contribution in [3.63, 3.8) is 0 Å². The molecule has 1 aromatic carbocycles. The van der Waals surface area contributed by atoms with Gasteiger partial charge in [0.15, 0.2) is 0 Å². The molecule has 1 saturated heterocycles. The molecule has 0 aliphatic carbocycles. The fraction of sp³-hybridized carbons (Fsp3) is 0.368. The van der Waals surface area contributed by atoms with Crippen LogP contribution in [0.5, 0.6) is 0 Å². The number of rotatable bonds is 6. The van der Waals surface area contributed by atoms with Gasteiger partial charge in [-0.05, 0) is 36.6 Å². The molecule has 146 valence electrons. The van der Waals surface area contributed by atoms with E-state index in [0.717, 1.165) is 27.9 Å². The molecule has 1 aliphatic rings. The molecule has 3 heterocycles. The van der Waals surface area contributed by atoms with E-state index < -0.39 is 0 Å². The van der Waals surface area contributed by atoms with Gasteiger partial charge in [0.25, 0.3) is 0 Å². The number of H-pyrrole nitrogens is 1. The normalized spacial score (nSPS) is 16.9. The van der Waals surface area contributed by atoms with E-state index in [1.165, 1.54) is 11.3 Å². The van der Waals surface area contributed by atoms with Gasteiger partial charge in [-0.25, -0.2) is 0 Å². The second-order valence-corrected chi connectivity index (χ2v) is 8.34. The van der Waals surface area contributed by atoms with Gasteiger partial charge in [0.2, 0.25) is 16.9 Å². The van der Waals surface area contributed by atoms with Gasteiger partial charge in [-0.1, -0.05) is 29.9 Å². The molecule has 2 aromatic heterocycles. The van der Waals surface area contributed by atoms with Crippen molar-refractivity contribution in [3.05, 3.63) is 40.0 Å². The minimum atomic E-state index is -0.362. The lowest BCUT2D eigenvalue weighted by atomic mass is 10.1. The summed E-state index contributed by atoms with van der Waals surface area (Å²) in [7, 11) is 0. The SMILES string of the molecule is CCc1nnc(NC(=O)C2CC(=O)N(CCc3c[nH]c4ccc(Cl)cc34)C2)s1. The number of benzene rings is 1. The van der Waals surface area contributed by atoms with Crippen LogP contribution in [0, 0.1) is 5.92 Å². The first-order valence-corrected chi connectivity index (χ1v) is 10.4. The van der Waals surface area contributed by atoms with Gasteiger partial charge in [-0.3, -0.25) is 9.59 Å². The zero-order valence-electron chi connectivity index (χ0n) is 15.4. The molecule has 4 rings (SSSR count). The monoisotopic (exact) mass is 417 g/mol. The molecule has 2 N–H and O–H groups in total. The predicted molar refractivity (Wildman–Crippen MR) is 110 cm³/mol. The van der Waals surface area contributed by atoms with Crippen LogP contribution in [0.15, 0.2) is 24.4 Å². The number of aryl methyl sites for hydroxylation is 1. The van der Waals surface area contributed by atoms with Gasteiger partial charge < -0.3 is 15.2 Å². The van der Waals surface area contributed by atoms with Crippen LogP contribution < -0.4 is 5.32 Å². The maximum Gasteiger partial charge on any atom is 0.231 e. The summed E-state index contributed by atoms with van der Waals surface area (Å²) in [4.78, 5) is 29.8. The molecule has 3 aromatic rings. The number of hydrogen-bond donors (Lipinski definition) is 2. The summed E-state index contributed by atoms with van der Waals surface area (Å²) in [6.07, 6.45) is 3.66. The average molecular weight is 418 g/mol. The van der Waals surface area contributed by atoms with E-state index in [-0.39, 0.29) is 24.2 Å². The van der Waals surface area contributed by atoms with Crippen molar-refractivity contribution >= 4 is 50.8 Å². The molecular formula is C19H20ClN5O2S. The van der Waals surface area contributed by atoms with E-state index in [4.69, 9.17) is 11.6 Å². The highest BCUT2D eigenvalue weighted by Gasteiger charge is 2.34. The Bertz CT molecular complexity index is 1030. The zero-order valence-corrected chi connectivity index (χ0v) is 16.9. The summed E-state index contributed by atoms with van der Waals surface area (Å²) in [6.45, 7) is 2.98. The maximum absolute atomic E-state index is 12.5. The molecule has 9 heteroatoms. The second-order valence-electron chi connectivity index (χ2n) is 6.84. The van der Waals surface area contributed by atoms with Crippen LogP contribution in [0.3, 0.4) is 0 Å². The number of carbonyl (C=O) groups is 2. The lowest BCUT2D eigenvalue weighted by molar-refractivity contribution is -0.128. The summed E-state index contributed by atoms with van der Waals surface area (Å²) >= 11 is 7.46. The fourth-order valence-corrected chi connectivity index (χ4v) is 4.29. The molecule has 0 spiro atoms. The number of carbonyl (C=O) groups excluding carboxylic acids is 2. The predicted octanol–water partition coefficient (Wildman–Crippen LogP) is 3.26. The van der Waals surface area contributed by atoms with E-state index in [0.29, 0.717) is 29.7 Å². The van der Waals surface area contributed by atoms with Crippen molar-refractivity contribution < 1.29 is 9.59 Å². The number of likely N-dealkylation sites (tertiary alicyclic amines) is 1. The van der Waals surface area contributed by atoms with Crippen LogP contribution in [0.2, 0.25) is 5.02 Å². The van der Waals surface area contributed by atoms with E-state index in [2.05, 4.69) is 20.5 Å². The summed E-state index contributed by atoms with van der Waals surface area (Å²) < 4.78 is 0. The van der Waals surface area contributed by atoms with Gasteiger partial charge in [-0.2, -0.15) is 0 Å².